The van der Waals surface area contributed by atoms with Gasteiger partial charge in [0.25, 0.3) is 0 Å². The lowest BCUT2D eigenvalue weighted by atomic mass is 10.1. The Kier molecular flexibility index (Phi) is 4.45. The molecule has 0 atom stereocenters. The van der Waals surface area contributed by atoms with Gasteiger partial charge in [0, 0.05) is 29.9 Å². The van der Waals surface area contributed by atoms with Gasteiger partial charge in [0.15, 0.2) is 0 Å². The molecule has 1 aromatic heterocycles. The predicted octanol–water partition coefficient (Wildman–Crippen LogP) is 2.55. The van der Waals surface area contributed by atoms with Crippen molar-refractivity contribution in [1.82, 2.24) is 15.1 Å². The molecule has 4 nitrogen and oxygen atoms in total. The van der Waals surface area contributed by atoms with Crippen LogP contribution in [0.1, 0.15) is 22.5 Å². The molecular formula is C15H18ClN3O. The second kappa shape index (κ2) is 6.09. The van der Waals surface area contributed by atoms with E-state index in [-0.39, 0.29) is 5.91 Å². The van der Waals surface area contributed by atoms with Crippen LogP contribution in [-0.2, 0) is 24.8 Å². The monoisotopic (exact) mass is 291 g/mol. The van der Waals surface area contributed by atoms with Gasteiger partial charge in [-0.1, -0.05) is 23.7 Å². The zero-order valence-electron chi connectivity index (χ0n) is 11.9. The van der Waals surface area contributed by atoms with Crippen LogP contribution in [0, 0.1) is 13.8 Å². The number of aryl methyl sites for hydroxylation is 2. The number of hydrogen-bond acceptors (Lipinski definition) is 2. The van der Waals surface area contributed by atoms with E-state index < -0.39 is 0 Å². The summed E-state index contributed by atoms with van der Waals surface area (Å²) in [6.45, 7) is 4.46. The number of hydrogen-bond donors (Lipinski definition) is 1. The average molecular weight is 292 g/mol. The fourth-order valence-electron chi connectivity index (χ4n) is 2.11. The third kappa shape index (κ3) is 3.39. The van der Waals surface area contributed by atoms with Crippen LogP contribution >= 0.6 is 11.6 Å². The Morgan fingerprint density at radius 3 is 2.50 bits per heavy atom. The van der Waals surface area contributed by atoms with Gasteiger partial charge in [-0.3, -0.25) is 9.48 Å². The maximum Gasteiger partial charge on any atom is 0.224 e. The number of halogens is 1. The molecule has 0 radical (unpaired) electrons. The summed E-state index contributed by atoms with van der Waals surface area (Å²) in [6, 6.07) is 7.31. The van der Waals surface area contributed by atoms with Crippen LogP contribution in [0.3, 0.4) is 0 Å². The van der Waals surface area contributed by atoms with E-state index >= 15 is 0 Å². The summed E-state index contributed by atoms with van der Waals surface area (Å²) >= 11 is 5.82. The first-order valence-corrected chi connectivity index (χ1v) is 6.85. The van der Waals surface area contributed by atoms with Crippen LogP contribution in [0.5, 0.6) is 0 Å². The van der Waals surface area contributed by atoms with Crippen molar-refractivity contribution in [3.8, 4) is 0 Å². The van der Waals surface area contributed by atoms with Gasteiger partial charge in [-0.25, -0.2) is 0 Å². The first kappa shape index (κ1) is 14.6. The summed E-state index contributed by atoms with van der Waals surface area (Å²) in [5.41, 5.74) is 4.06. The fraction of sp³-hybridized carbons (Fsp3) is 0.333. The smallest absolute Gasteiger partial charge is 0.224 e. The summed E-state index contributed by atoms with van der Waals surface area (Å²) in [7, 11) is 1.90. The Hall–Kier alpha value is -1.81. The molecule has 0 spiro atoms. The first-order valence-electron chi connectivity index (χ1n) is 6.47. The molecule has 0 fully saturated rings. The van der Waals surface area contributed by atoms with E-state index in [1.165, 1.54) is 0 Å². The number of carbonyl (C=O) groups excluding carboxylic acids is 1. The highest BCUT2D eigenvalue weighted by molar-refractivity contribution is 6.30. The van der Waals surface area contributed by atoms with Crippen molar-refractivity contribution in [2.45, 2.75) is 26.8 Å². The van der Waals surface area contributed by atoms with E-state index in [0.717, 1.165) is 22.5 Å². The number of nitrogens with zero attached hydrogens (tertiary/aromatic N) is 2. The number of benzene rings is 1. The zero-order chi connectivity index (χ0) is 14.7. The van der Waals surface area contributed by atoms with Gasteiger partial charge in [0.1, 0.15) is 0 Å². The molecule has 0 saturated carbocycles. The minimum absolute atomic E-state index is 0.00465. The Bertz CT molecular complexity index is 617. The van der Waals surface area contributed by atoms with Crippen molar-refractivity contribution >= 4 is 17.5 Å². The van der Waals surface area contributed by atoms with Crippen molar-refractivity contribution in [2.75, 3.05) is 0 Å². The van der Waals surface area contributed by atoms with Crippen LogP contribution in [0.15, 0.2) is 24.3 Å². The van der Waals surface area contributed by atoms with Gasteiger partial charge in [-0.15, -0.1) is 0 Å². The number of nitrogens with one attached hydrogen (secondary N) is 1. The van der Waals surface area contributed by atoms with E-state index in [2.05, 4.69) is 10.4 Å². The van der Waals surface area contributed by atoms with E-state index in [1.54, 1.807) is 12.1 Å². The third-order valence-electron chi connectivity index (χ3n) is 3.40. The Balaban J connectivity index is 1.94. The maximum absolute atomic E-state index is 11.9. The molecule has 2 aromatic rings. The van der Waals surface area contributed by atoms with E-state index in [1.807, 2.05) is 37.7 Å². The molecule has 1 heterocycles. The number of aromatic nitrogens is 2. The molecular weight excluding hydrogens is 274 g/mol. The standard InChI is InChI=1S/C15H18ClN3O/c1-10-14(11(2)19(3)18-10)9-17-15(20)8-12-4-6-13(16)7-5-12/h4-7H,8-9H2,1-3H3,(H,17,20). The molecule has 2 rings (SSSR count). The lowest BCUT2D eigenvalue weighted by Crippen LogP contribution is -2.25. The second-order valence-electron chi connectivity index (χ2n) is 4.85. The van der Waals surface area contributed by atoms with E-state index in [9.17, 15) is 4.79 Å². The van der Waals surface area contributed by atoms with Crippen molar-refractivity contribution in [3.63, 3.8) is 0 Å². The van der Waals surface area contributed by atoms with Crippen LogP contribution in [0.25, 0.3) is 0 Å². The normalized spacial score (nSPS) is 10.6. The molecule has 1 N–H and O–H groups in total. The minimum atomic E-state index is -0.00465. The highest BCUT2D eigenvalue weighted by atomic mass is 35.5. The second-order valence-corrected chi connectivity index (χ2v) is 5.29. The first-order chi connectivity index (χ1) is 9.47. The molecule has 20 heavy (non-hydrogen) atoms. The molecule has 0 aliphatic heterocycles. The van der Waals surface area contributed by atoms with Crippen LogP contribution in [-0.4, -0.2) is 15.7 Å². The van der Waals surface area contributed by atoms with E-state index in [4.69, 9.17) is 11.6 Å². The molecule has 1 aromatic carbocycles. The number of carbonyl (C=O) groups is 1. The minimum Gasteiger partial charge on any atom is -0.352 e. The molecule has 0 unspecified atom stereocenters. The molecule has 0 bridgehead atoms. The van der Waals surface area contributed by atoms with Gasteiger partial charge in [-0.2, -0.15) is 5.10 Å². The van der Waals surface area contributed by atoms with Gasteiger partial charge in [0.2, 0.25) is 5.91 Å². The van der Waals surface area contributed by atoms with Gasteiger partial charge in [0.05, 0.1) is 12.1 Å². The number of amides is 1. The molecule has 0 saturated heterocycles. The van der Waals surface area contributed by atoms with Gasteiger partial charge < -0.3 is 5.32 Å². The zero-order valence-corrected chi connectivity index (χ0v) is 12.7. The summed E-state index contributed by atoms with van der Waals surface area (Å²) in [5, 5.41) is 7.94. The largest absolute Gasteiger partial charge is 0.352 e. The highest BCUT2D eigenvalue weighted by Crippen LogP contribution is 2.12. The van der Waals surface area contributed by atoms with Crippen molar-refractivity contribution in [3.05, 3.63) is 51.8 Å². The number of rotatable bonds is 4. The van der Waals surface area contributed by atoms with Crippen molar-refractivity contribution < 1.29 is 4.79 Å². The molecule has 0 aliphatic rings. The molecule has 0 aliphatic carbocycles. The third-order valence-corrected chi connectivity index (χ3v) is 3.65. The SMILES string of the molecule is Cc1nn(C)c(C)c1CNC(=O)Cc1ccc(Cl)cc1. The summed E-state index contributed by atoms with van der Waals surface area (Å²) < 4.78 is 1.83. The maximum atomic E-state index is 11.9. The van der Waals surface area contributed by atoms with Crippen LogP contribution in [0.4, 0.5) is 0 Å². The Labute approximate surface area is 123 Å². The van der Waals surface area contributed by atoms with E-state index in [0.29, 0.717) is 18.0 Å². The van der Waals surface area contributed by atoms with Gasteiger partial charge in [-0.05, 0) is 31.5 Å². The molecule has 5 heteroatoms. The quantitative estimate of drug-likeness (QED) is 0.941. The molecule has 1 amide bonds. The Morgan fingerprint density at radius 2 is 1.95 bits per heavy atom. The lowest BCUT2D eigenvalue weighted by molar-refractivity contribution is -0.120. The molecule has 106 valence electrons. The summed E-state index contributed by atoms with van der Waals surface area (Å²) in [5.74, 6) is -0.00465. The average Bonchev–Trinajstić information content (AvgIpc) is 2.64. The van der Waals surface area contributed by atoms with Crippen molar-refractivity contribution in [1.29, 1.82) is 0 Å². The van der Waals surface area contributed by atoms with Crippen molar-refractivity contribution in [2.24, 2.45) is 7.05 Å². The fourth-order valence-corrected chi connectivity index (χ4v) is 2.24. The van der Waals surface area contributed by atoms with Crippen LogP contribution < -0.4 is 5.32 Å². The van der Waals surface area contributed by atoms with Crippen LogP contribution in [0.2, 0.25) is 5.02 Å². The lowest BCUT2D eigenvalue weighted by Gasteiger charge is -2.06. The predicted molar refractivity (Wildman–Crippen MR) is 79.7 cm³/mol. The Morgan fingerprint density at radius 1 is 1.30 bits per heavy atom. The summed E-state index contributed by atoms with van der Waals surface area (Å²) in [6.07, 6.45) is 0.357. The topological polar surface area (TPSA) is 46.9 Å². The highest BCUT2D eigenvalue weighted by Gasteiger charge is 2.10. The summed E-state index contributed by atoms with van der Waals surface area (Å²) in [4.78, 5) is 11.9. The van der Waals surface area contributed by atoms with Gasteiger partial charge >= 0.3 is 0 Å².